The lowest BCUT2D eigenvalue weighted by Crippen LogP contribution is -2.39. The van der Waals surface area contributed by atoms with Gasteiger partial charge in [0.05, 0.1) is 39.8 Å². The number of thiophene rings is 1. The molecule has 0 radical (unpaired) electrons. The van der Waals surface area contributed by atoms with Gasteiger partial charge in [-0.2, -0.15) is 0 Å². The number of halogens is 2. The maximum absolute atomic E-state index is 13.2. The first-order valence-electron chi connectivity index (χ1n) is 9.46. The quantitative estimate of drug-likeness (QED) is 0.478. The molecule has 0 spiro atoms. The van der Waals surface area contributed by atoms with Crippen LogP contribution in [-0.4, -0.2) is 62.3 Å². The molecule has 162 valence electrons. The summed E-state index contributed by atoms with van der Waals surface area (Å²) in [6.07, 6.45) is 0.865. The van der Waals surface area contributed by atoms with Crippen molar-refractivity contribution in [2.24, 2.45) is 0 Å². The van der Waals surface area contributed by atoms with Crippen molar-refractivity contribution in [2.75, 3.05) is 51.4 Å². The highest BCUT2D eigenvalue weighted by Gasteiger charge is 2.23. The number of morpholine rings is 1. The van der Waals surface area contributed by atoms with Gasteiger partial charge in [0.15, 0.2) is 5.13 Å². The van der Waals surface area contributed by atoms with Crippen LogP contribution in [0.25, 0.3) is 10.2 Å². The molecule has 0 N–H and O–H groups in total. The van der Waals surface area contributed by atoms with E-state index >= 15 is 0 Å². The number of methoxy groups -OCH3 is 1. The van der Waals surface area contributed by atoms with Crippen molar-refractivity contribution in [3.8, 4) is 5.75 Å². The lowest BCUT2D eigenvalue weighted by atomic mass is 10.3. The molecular weight excluding hydrogens is 465 g/mol. The fourth-order valence-corrected chi connectivity index (χ4v) is 5.22. The van der Waals surface area contributed by atoms with Crippen molar-refractivity contribution >= 4 is 67.9 Å². The third-order valence-corrected chi connectivity index (χ3v) is 7.08. The molecule has 0 atom stereocenters. The van der Waals surface area contributed by atoms with Crippen LogP contribution in [0.5, 0.6) is 5.75 Å². The number of rotatable bonds is 7. The number of thiazole rings is 1. The molecule has 6 nitrogen and oxygen atoms in total. The summed E-state index contributed by atoms with van der Waals surface area (Å²) in [7, 11) is 1.64. The van der Waals surface area contributed by atoms with Gasteiger partial charge in [-0.25, -0.2) is 4.98 Å². The second kappa shape index (κ2) is 10.7. The number of carbonyl (C=O) groups is 1. The zero-order valence-corrected chi connectivity index (χ0v) is 19.7. The van der Waals surface area contributed by atoms with E-state index in [-0.39, 0.29) is 18.3 Å². The third kappa shape index (κ3) is 5.43. The summed E-state index contributed by atoms with van der Waals surface area (Å²) in [5.41, 5.74) is 0.833. The number of fused-ring (bicyclic) bond motifs is 1. The predicted octanol–water partition coefficient (Wildman–Crippen LogP) is 4.81. The Bertz CT molecular complexity index is 989. The minimum atomic E-state index is -0.0603. The number of aromatic nitrogens is 1. The number of hydrogen-bond donors (Lipinski definition) is 0. The van der Waals surface area contributed by atoms with Crippen LogP contribution < -0.4 is 9.64 Å². The van der Waals surface area contributed by atoms with E-state index in [9.17, 15) is 4.79 Å². The van der Waals surface area contributed by atoms with E-state index in [2.05, 4.69) is 4.90 Å². The number of ether oxygens (including phenoxy) is 2. The molecule has 3 heterocycles. The number of amides is 1. The van der Waals surface area contributed by atoms with Crippen LogP contribution in [0.4, 0.5) is 5.13 Å². The topological polar surface area (TPSA) is 54.9 Å². The van der Waals surface area contributed by atoms with E-state index in [4.69, 9.17) is 26.1 Å². The average molecular weight is 488 g/mol. The van der Waals surface area contributed by atoms with Crippen molar-refractivity contribution < 1.29 is 14.3 Å². The van der Waals surface area contributed by atoms with E-state index in [0.717, 1.165) is 55.2 Å². The fraction of sp³-hybridized carbons (Fsp3) is 0.400. The number of carbonyl (C=O) groups excluding carboxylic acids is 1. The first-order valence-corrected chi connectivity index (χ1v) is 11.5. The standard InChI is InChI=1S/C20H22ClN3O3S2.ClH/c1-26-14-3-4-16-15(13-14)22-20(29-16)24(19(25)17-5-6-18(21)28-17)8-2-7-23-9-11-27-12-10-23;/h3-6,13H,2,7-12H2,1H3;1H. The number of hydrogen-bond acceptors (Lipinski definition) is 7. The van der Waals surface area contributed by atoms with Crippen LogP contribution in [0.3, 0.4) is 0 Å². The molecule has 10 heteroatoms. The minimum absolute atomic E-state index is 0. The fourth-order valence-electron chi connectivity index (χ4n) is 3.26. The number of benzene rings is 1. The van der Waals surface area contributed by atoms with Crippen molar-refractivity contribution in [1.29, 1.82) is 0 Å². The van der Waals surface area contributed by atoms with Crippen molar-refractivity contribution in [1.82, 2.24) is 9.88 Å². The second-order valence-corrected chi connectivity index (χ2v) is 9.42. The van der Waals surface area contributed by atoms with E-state index < -0.39 is 0 Å². The smallest absolute Gasteiger partial charge is 0.270 e. The summed E-state index contributed by atoms with van der Waals surface area (Å²) >= 11 is 8.88. The van der Waals surface area contributed by atoms with Crippen molar-refractivity contribution in [2.45, 2.75) is 6.42 Å². The molecule has 1 aliphatic heterocycles. The van der Waals surface area contributed by atoms with Gasteiger partial charge in [0, 0.05) is 32.2 Å². The summed E-state index contributed by atoms with van der Waals surface area (Å²) in [4.78, 5) is 22.7. The van der Waals surface area contributed by atoms with Gasteiger partial charge >= 0.3 is 0 Å². The minimum Gasteiger partial charge on any atom is -0.497 e. The van der Waals surface area contributed by atoms with Crippen LogP contribution in [0.2, 0.25) is 4.34 Å². The molecule has 4 rings (SSSR count). The molecule has 0 bridgehead atoms. The number of nitrogens with zero attached hydrogens (tertiary/aromatic N) is 3. The first kappa shape index (κ1) is 23.2. The number of anilines is 1. The van der Waals surface area contributed by atoms with Crippen LogP contribution in [0.15, 0.2) is 30.3 Å². The highest BCUT2D eigenvalue weighted by atomic mass is 35.5. The Hall–Kier alpha value is -1.42. The zero-order valence-electron chi connectivity index (χ0n) is 16.5. The zero-order chi connectivity index (χ0) is 20.2. The summed E-state index contributed by atoms with van der Waals surface area (Å²) < 4.78 is 12.3. The molecule has 1 aliphatic rings. The summed E-state index contributed by atoms with van der Waals surface area (Å²) in [5, 5.41) is 0.699. The predicted molar refractivity (Wildman–Crippen MR) is 126 cm³/mol. The Morgan fingerprint density at radius 2 is 2.07 bits per heavy atom. The molecule has 30 heavy (non-hydrogen) atoms. The highest BCUT2D eigenvalue weighted by Crippen LogP contribution is 2.33. The van der Waals surface area contributed by atoms with Gasteiger partial charge in [0.2, 0.25) is 0 Å². The van der Waals surface area contributed by atoms with Crippen LogP contribution in [-0.2, 0) is 4.74 Å². The molecule has 1 aromatic carbocycles. The van der Waals surface area contributed by atoms with Crippen LogP contribution in [0, 0.1) is 0 Å². The molecule has 0 saturated carbocycles. The molecule has 2 aromatic heterocycles. The largest absolute Gasteiger partial charge is 0.497 e. The highest BCUT2D eigenvalue weighted by molar-refractivity contribution is 7.22. The lowest BCUT2D eigenvalue weighted by molar-refractivity contribution is 0.0376. The van der Waals surface area contributed by atoms with Gasteiger partial charge < -0.3 is 9.47 Å². The van der Waals surface area contributed by atoms with Gasteiger partial charge in [0.1, 0.15) is 5.75 Å². The molecule has 1 saturated heterocycles. The molecule has 0 aliphatic carbocycles. The summed E-state index contributed by atoms with van der Waals surface area (Å²) in [6, 6.07) is 9.32. The SMILES string of the molecule is COc1ccc2sc(N(CCCN3CCOCC3)C(=O)c3ccc(Cl)s3)nc2c1.Cl. The average Bonchev–Trinajstić information content (AvgIpc) is 3.37. The van der Waals surface area contributed by atoms with Crippen molar-refractivity contribution in [3.05, 3.63) is 39.5 Å². The van der Waals surface area contributed by atoms with Gasteiger partial charge in [-0.3, -0.25) is 14.6 Å². The second-order valence-electron chi connectivity index (χ2n) is 6.70. The molecule has 3 aromatic rings. The Morgan fingerprint density at radius 3 is 2.77 bits per heavy atom. The van der Waals surface area contributed by atoms with Gasteiger partial charge in [-0.15, -0.1) is 23.7 Å². The third-order valence-electron chi connectivity index (χ3n) is 4.80. The lowest BCUT2D eigenvalue weighted by Gasteiger charge is -2.27. The molecule has 1 fully saturated rings. The van der Waals surface area contributed by atoms with E-state index in [1.165, 1.54) is 22.7 Å². The molecule has 1 amide bonds. The van der Waals surface area contributed by atoms with Gasteiger partial charge in [-0.05, 0) is 30.7 Å². The van der Waals surface area contributed by atoms with Crippen LogP contribution >= 0.6 is 46.7 Å². The maximum atomic E-state index is 13.2. The Labute approximate surface area is 194 Å². The Kier molecular flexibility index (Phi) is 8.33. The monoisotopic (exact) mass is 487 g/mol. The van der Waals surface area contributed by atoms with E-state index in [1.54, 1.807) is 24.1 Å². The normalized spacial score (nSPS) is 14.5. The maximum Gasteiger partial charge on any atom is 0.270 e. The Balaban J connectivity index is 0.00000256. The molecular formula is C20H23Cl2N3O3S2. The van der Waals surface area contributed by atoms with Crippen LogP contribution in [0.1, 0.15) is 16.1 Å². The Morgan fingerprint density at radius 1 is 1.27 bits per heavy atom. The summed E-state index contributed by atoms with van der Waals surface area (Å²) in [5.74, 6) is 0.694. The molecule has 0 unspecified atom stereocenters. The van der Waals surface area contributed by atoms with Gasteiger partial charge in [0.25, 0.3) is 5.91 Å². The van der Waals surface area contributed by atoms with Crippen molar-refractivity contribution in [3.63, 3.8) is 0 Å². The first-order chi connectivity index (χ1) is 14.1. The van der Waals surface area contributed by atoms with Gasteiger partial charge in [-0.1, -0.05) is 22.9 Å². The van der Waals surface area contributed by atoms with E-state index in [0.29, 0.717) is 20.9 Å². The summed E-state index contributed by atoms with van der Waals surface area (Å²) in [6.45, 7) is 4.95. The van der Waals surface area contributed by atoms with E-state index in [1.807, 2.05) is 18.2 Å².